The summed E-state index contributed by atoms with van der Waals surface area (Å²) in [6.45, 7) is 0.698. The van der Waals surface area contributed by atoms with E-state index in [1.165, 1.54) is 31.3 Å². The van der Waals surface area contributed by atoms with Gasteiger partial charge in [-0.2, -0.15) is 0 Å². The molecule has 0 bridgehead atoms. The average Bonchev–Trinajstić information content (AvgIpc) is 2.73. The van der Waals surface area contributed by atoms with E-state index in [1.54, 1.807) is 7.11 Å². The molecule has 1 aliphatic carbocycles. The third-order valence-electron chi connectivity index (χ3n) is 4.70. The van der Waals surface area contributed by atoms with Gasteiger partial charge in [0.25, 0.3) is 5.91 Å². The third kappa shape index (κ3) is 5.76. The quantitative estimate of drug-likeness (QED) is 0.620. The number of hydrogen-bond acceptors (Lipinski definition) is 2. The molecule has 2 aromatic carbocycles. The van der Waals surface area contributed by atoms with Crippen molar-refractivity contribution in [2.45, 2.75) is 32.1 Å². The van der Waals surface area contributed by atoms with Crippen LogP contribution in [0.1, 0.15) is 53.6 Å². The highest BCUT2D eigenvalue weighted by atomic mass is 16.5. The summed E-state index contributed by atoms with van der Waals surface area (Å²) >= 11 is 0. The molecule has 0 unspecified atom stereocenters. The van der Waals surface area contributed by atoms with Gasteiger partial charge in [0, 0.05) is 23.2 Å². The van der Waals surface area contributed by atoms with E-state index < -0.39 is 0 Å². The zero-order valence-corrected chi connectivity index (χ0v) is 15.8. The smallest absolute Gasteiger partial charge is 0.251 e. The van der Waals surface area contributed by atoms with Gasteiger partial charge in [-0.3, -0.25) is 4.79 Å². The van der Waals surface area contributed by atoms with E-state index in [0.29, 0.717) is 12.1 Å². The Bertz CT molecular complexity index is 852. The Morgan fingerprint density at radius 1 is 1.00 bits per heavy atom. The first-order valence-corrected chi connectivity index (χ1v) is 9.47. The summed E-state index contributed by atoms with van der Waals surface area (Å²) in [4.78, 5) is 12.3. The van der Waals surface area contributed by atoms with Crippen LogP contribution in [-0.4, -0.2) is 19.6 Å². The summed E-state index contributed by atoms with van der Waals surface area (Å²) in [7, 11) is 1.64. The van der Waals surface area contributed by atoms with E-state index in [4.69, 9.17) is 4.74 Å². The second-order valence-electron chi connectivity index (χ2n) is 6.67. The van der Waals surface area contributed by atoms with Gasteiger partial charge < -0.3 is 10.1 Å². The zero-order chi connectivity index (χ0) is 18.9. The number of allylic oxidation sites excluding steroid dienone is 1. The highest BCUT2D eigenvalue weighted by molar-refractivity contribution is 5.94. The van der Waals surface area contributed by atoms with Crippen LogP contribution in [0, 0.1) is 11.8 Å². The zero-order valence-electron chi connectivity index (χ0n) is 15.8. The molecular weight excluding hydrogens is 334 g/mol. The molecule has 0 saturated carbocycles. The Kier molecular flexibility index (Phi) is 6.71. The van der Waals surface area contributed by atoms with Crippen LogP contribution >= 0.6 is 0 Å². The van der Waals surface area contributed by atoms with Crippen LogP contribution in [0.5, 0.6) is 5.75 Å². The van der Waals surface area contributed by atoms with E-state index in [-0.39, 0.29) is 5.91 Å². The molecule has 0 saturated heterocycles. The molecule has 3 heteroatoms. The number of carbonyl (C=O) groups excluding carboxylic acids is 1. The minimum atomic E-state index is -0.0268. The fourth-order valence-electron chi connectivity index (χ4n) is 3.09. The molecule has 0 heterocycles. The first-order valence-electron chi connectivity index (χ1n) is 9.47. The molecule has 0 atom stereocenters. The van der Waals surface area contributed by atoms with Gasteiger partial charge in [0.15, 0.2) is 0 Å². The molecule has 2 aromatic rings. The summed E-state index contributed by atoms with van der Waals surface area (Å²) in [5.41, 5.74) is 3.96. The van der Waals surface area contributed by atoms with Gasteiger partial charge in [0.2, 0.25) is 0 Å². The molecule has 27 heavy (non-hydrogen) atoms. The fourth-order valence-corrected chi connectivity index (χ4v) is 3.09. The maximum absolute atomic E-state index is 12.3. The predicted molar refractivity (Wildman–Crippen MR) is 109 cm³/mol. The van der Waals surface area contributed by atoms with Crippen LogP contribution in [-0.2, 0) is 0 Å². The van der Waals surface area contributed by atoms with Crippen molar-refractivity contribution in [1.29, 1.82) is 0 Å². The van der Waals surface area contributed by atoms with Crippen molar-refractivity contribution in [3.63, 3.8) is 0 Å². The number of amides is 1. The van der Waals surface area contributed by atoms with Crippen LogP contribution in [0.4, 0.5) is 0 Å². The monoisotopic (exact) mass is 359 g/mol. The lowest BCUT2D eigenvalue weighted by molar-refractivity contribution is 0.0954. The molecule has 0 aliphatic heterocycles. The van der Waals surface area contributed by atoms with Gasteiger partial charge in [-0.25, -0.2) is 0 Å². The van der Waals surface area contributed by atoms with Crippen molar-refractivity contribution < 1.29 is 9.53 Å². The molecule has 3 nitrogen and oxygen atoms in total. The number of rotatable bonds is 5. The molecule has 3 rings (SSSR count). The summed E-state index contributed by atoms with van der Waals surface area (Å²) < 4.78 is 5.14. The molecule has 0 aromatic heterocycles. The Morgan fingerprint density at radius 2 is 1.67 bits per heavy atom. The molecule has 1 N–H and O–H groups in total. The highest BCUT2D eigenvalue weighted by Gasteiger charge is 2.07. The lowest BCUT2D eigenvalue weighted by Crippen LogP contribution is -2.24. The Morgan fingerprint density at radius 3 is 2.26 bits per heavy atom. The molecule has 0 spiro atoms. The predicted octanol–water partition coefficient (Wildman–Crippen LogP) is 4.72. The Hall–Kier alpha value is -2.99. The number of nitrogens with one attached hydrogen (secondary N) is 1. The molecular formula is C24H25NO2. The van der Waals surface area contributed by atoms with Crippen LogP contribution in [0.25, 0.3) is 0 Å². The van der Waals surface area contributed by atoms with Crippen molar-refractivity contribution in [2.75, 3.05) is 13.7 Å². The van der Waals surface area contributed by atoms with Gasteiger partial charge in [-0.15, -0.1) is 0 Å². The fraction of sp³-hybridized carbons (Fsp3) is 0.292. The number of hydrogen-bond donors (Lipinski definition) is 1. The SMILES string of the molecule is COc1ccc(C#Cc2ccc(C(=O)NCCC3=CCCCC3)cc2)cc1. The number of methoxy groups -OCH3 is 1. The van der Waals surface area contributed by atoms with Crippen molar-refractivity contribution >= 4 is 5.91 Å². The normalized spacial score (nSPS) is 13.1. The minimum absolute atomic E-state index is 0.0268. The molecule has 1 aliphatic rings. The highest BCUT2D eigenvalue weighted by Crippen LogP contribution is 2.19. The first-order chi connectivity index (χ1) is 13.2. The summed E-state index contributed by atoms with van der Waals surface area (Å²) in [5, 5.41) is 3.01. The number of carbonyl (C=O) groups is 1. The second kappa shape index (κ2) is 9.64. The first kappa shape index (κ1) is 18.8. The average molecular weight is 359 g/mol. The lowest BCUT2D eigenvalue weighted by Gasteiger charge is -2.13. The molecule has 1 amide bonds. The van der Waals surface area contributed by atoms with Crippen molar-refractivity contribution in [1.82, 2.24) is 5.32 Å². The van der Waals surface area contributed by atoms with Crippen LogP contribution in [0.2, 0.25) is 0 Å². The summed E-state index contributed by atoms with van der Waals surface area (Å²) in [6.07, 6.45) is 8.21. The van der Waals surface area contributed by atoms with E-state index in [0.717, 1.165) is 23.3 Å². The van der Waals surface area contributed by atoms with E-state index in [9.17, 15) is 4.79 Å². The maximum Gasteiger partial charge on any atom is 0.251 e. The Balaban J connectivity index is 1.52. The molecule has 138 valence electrons. The van der Waals surface area contributed by atoms with Crippen molar-refractivity contribution in [3.05, 3.63) is 76.9 Å². The van der Waals surface area contributed by atoms with Gasteiger partial charge in [-0.1, -0.05) is 23.5 Å². The Labute approximate surface area is 161 Å². The minimum Gasteiger partial charge on any atom is -0.497 e. The largest absolute Gasteiger partial charge is 0.497 e. The lowest BCUT2D eigenvalue weighted by atomic mass is 9.97. The standard InChI is InChI=1S/C24H25NO2/c1-27-23-15-11-21(12-16-23)8-7-20-9-13-22(14-10-20)24(26)25-18-17-19-5-3-2-4-6-19/h5,9-16H,2-4,6,17-18H2,1H3,(H,25,26). The topological polar surface area (TPSA) is 38.3 Å². The molecule has 0 fully saturated rings. The number of ether oxygens (including phenoxy) is 1. The van der Waals surface area contributed by atoms with Gasteiger partial charge in [-0.05, 0) is 80.6 Å². The summed E-state index contributed by atoms with van der Waals surface area (Å²) in [6, 6.07) is 15.1. The second-order valence-corrected chi connectivity index (χ2v) is 6.67. The van der Waals surface area contributed by atoms with Gasteiger partial charge in [0.05, 0.1) is 7.11 Å². The maximum atomic E-state index is 12.3. The van der Waals surface area contributed by atoms with Gasteiger partial charge in [0.1, 0.15) is 5.75 Å². The van der Waals surface area contributed by atoms with E-state index in [2.05, 4.69) is 23.2 Å². The van der Waals surface area contributed by atoms with Crippen LogP contribution < -0.4 is 10.1 Å². The van der Waals surface area contributed by atoms with Crippen LogP contribution in [0.3, 0.4) is 0 Å². The van der Waals surface area contributed by atoms with E-state index >= 15 is 0 Å². The third-order valence-corrected chi connectivity index (χ3v) is 4.70. The summed E-state index contributed by atoms with van der Waals surface area (Å²) in [5.74, 6) is 7.03. The molecule has 0 radical (unpaired) electrons. The van der Waals surface area contributed by atoms with Crippen LogP contribution in [0.15, 0.2) is 60.2 Å². The number of benzene rings is 2. The van der Waals surface area contributed by atoms with E-state index in [1.807, 2.05) is 48.5 Å². The van der Waals surface area contributed by atoms with Crippen molar-refractivity contribution in [2.24, 2.45) is 0 Å². The van der Waals surface area contributed by atoms with Crippen molar-refractivity contribution in [3.8, 4) is 17.6 Å². The van der Waals surface area contributed by atoms with Gasteiger partial charge >= 0.3 is 0 Å².